The summed E-state index contributed by atoms with van der Waals surface area (Å²) in [5.74, 6) is 0.679. The number of hydrogen-bond acceptors (Lipinski definition) is 5. The highest BCUT2D eigenvalue weighted by Crippen LogP contribution is 2.33. The van der Waals surface area contributed by atoms with E-state index >= 15 is 0 Å². The van der Waals surface area contributed by atoms with Crippen molar-refractivity contribution in [3.8, 4) is 17.2 Å². The number of rotatable bonds is 6. The Hall–Kier alpha value is -2.81. The molecule has 0 aliphatic rings. The van der Waals surface area contributed by atoms with E-state index in [9.17, 15) is 9.90 Å². The standard InChI is InChI=1S/C21H19IN2O4/c1-3-28-19-9-13(8-17(22)20(19)27-2)12-23-24-21(26)16-10-14-6-4-5-7-15(14)11-18(16)25/h4-12,25H,3H2,1-2H3,(H,24,26). The van der Waals surface area contributed by atoms with Crippen molar-refractivity contribution < 1.29 is 19.4 Å². The summed E-state index contributed by atoms with van der Waals surface area (Å²) in [6.07, 6.45) is 1.51. The van der Waals surface area contributed by atoms with Gasteiger partial charge in [0, 0.05) is 0 Å². The number of aromatic hydroxyl groups is 1. The molecule has 0 spiro atoms. The average Bonchev–Trinajstić information content (AvgIpc) is 2.67. The molecule has 0 unspecified atom stereocenters. The van der Waals surface area contributed by atoms with Gasteiger partial charge in [-0.25, -0.2) is 5.43 Å². The number of nitrogens with zero attached hydrogens (tertiary/aromatic N) is 1. The van der Waals surface area contributed by atoms with E-state index in [1.165, 1.54) is 6.21 Å². The number of benzene rings is 3. The number of nitrogens with one attached hydrogen (secondary N) is 1. The fraction of sp³-hybridized carbons (Fsp3) is 0.143. The summed E-state index contributed by atoms with van der Waals surface area (Å²) in [6, 6.07) is 14.4. The van der Waals surface area contributed by atoms with Crippen LogP contribution in [0.15, 0.2) is 53.6 Å². The van der Waals surface area contributed by atoms with Crippen LogP contribution in [0, 0.1) is 3.57 Å². The predicted octanol–water partition coefficient (Wildman–Crippen LogP) is 4.32. The minimum Gasteiger partial charge on any atom is -0.507 e. The largest absolute Gasteiger partial charge is 0.507 e. The number of ether oxygens (including phenoxy) is 2. The van der Waals surface area contributed by atoms with Gasteiger partial charge in [-0.2, -0.15) is 5.10 Å². The van der Waals surface area contributed by atoms with Crippen molar-refractivity contribution >= 4 is 45.5 Å². The van der Waals surface area contributed by atoms with Crippen LogP contribution in [-0.4, -0.2) is 30.9 Å². The van der Waals surface area contributed by atoms with Crippen LogP contribution in [-0.2, 0) is 0 Å². The highest BCUT2D eigenvalue weighted by atomic mass is 127. The summed E-state index contributed by atoms with van der Waals surface area (Å²) in [6.45, 7) is 2.40. The molecule has 3 aromatic carbocycles. The van der Waals surface area contributed by atoms with Gasteiger partial charge in [0.2, 0.25) is 0 Å². The zero-order chi connectivity index (χ0) is 20.1. The third-order valence-electron chi connectivity index (χ3n) is 4.02. The monoisotopic (exact) mass is 490 g/mol. The average molecular weight is 490 g/mol. The number of amides is 1. The molecule has 0 aliphatic carbocycles. The number of methoxy groups -OCH3 is 1. The Labute approximate surface area is 176 Å². The van der Waals surface area contributed by atoms with E-state index in [0.29, 0.717) is 18.1 Å². The first kappa shape index (κ1) is 19.9. The lowest BCUT2D eigenvalue weighted by Crippen LogP contribution is -2.17. The van der Waals surface area contributed by atoms with E-state index < -0.39 is 5.91 Å². The minimum atomic E-state index is -0.493. The Morgan fingerprint density at radius 1 is 1.21 bits per heavy atom. The summed E-state index contributed by atoms with van der Waals surface area (Å²) in [5.41, 5.74) is 3.36. The molecule has 2 N–H and O–H groups in total. The van der Waals surface area contributed by atoms with Crippen LogP contribution >= 0.6 is 22.6 Å². The number of halogens is 1. The molecule has 0 aliphatic heterocycles. The van der Waals surface area contributed by atoms with Crippen molar-refractivity contribution in [2.24, 2.45) is 5.10 Å². The Kier molecular flexibility index (Phi) is 6.35. The van der Waals surface area contributed by atoms with Crippen LogP contribution in [0.3, 0.4) is 0 Å². The van der Waals surface area contributed by atoms with Crippen molar-refractivity contribution in [2.45, 2.75) is 6.92 Å². The molecule has 0 fully saturated rings. The number of hydrogen-bond donors (Lipinski definition) is 2. The van der Waals surface area contributed by atoms with Gasteiger partial charge in [0.05, 0.1) is 29.1 Å². The van der Waals surface area contributed by atoms with Gasteiger partial charge >= 0.3 is 0 Å². The number of phenols is 1. The van der Waals surface area contributed by atoms with Gasteiger partial charge in [-0.05, 0) is 70.1 Å². The van der Waals surface area contributed by atoms with Crippen LogP contribution in [0.4, 0.5) is 0 Å². The molecule has 7 heteroatoms. The van der Waals surface area contributed by atoms with Crippen molar-refractivity contribution in [3.63, 3.8) is 0 Å². The van der Waals surface area contributed by atoms with E-state index in [1.54, 1.807) is 25.3 Å². The maximum Gasteiger partial charge on any atom is 0.275 e. The second kappa shape index (κ2) is 8.92. The Balaban J connectivity index is 1.79. The molecule has 0 saturated carbocycles. The van der Waals surface area contributed by atoms with Crippen molar-refractivity contribution in [1.29, 1.82) is 0 Å². The van der Waals surface area contributed by atoms with E-state index in [0.717, 1.165) is 19.9 Å². The minimum absolute atomic E-state index is 0.0935. The molecule has 0 atom stereocenters. The second-order valence-corrected chi connectivity index (χ2v) is 7.04. The molecule has 6 nitrogen and oxygen atoms in total. The fourth-order valence-corrected chi connectivity index (χ4v) is 3.60. The molecular formula is C21H19IN2O4. The molecule has 1 amide bonds. The maximum absolute atomic E-state index is 12.4. The maximum atomic E-state index is 12.4. The van der Waals surface area contributed by atoms with Gasteiger partial charge in [-0.3, -0.25) is 4.79 Å². The number of carbonyl (C=O) groups is 1. The molecule has 0 aromatic heterocycles. The van der Waals surface area contributed by atoms with Gasteiger partial charge in [0.1, 0.15) is 5.75 Å². The van der Waals surface area contributed by atoms with Gasteiger partial charge in [-0.1, -0.05) is 24.3 Å². The zero-order valence-electron chi connectivity index (χ0n) is 15.4. The topological polar surface area (TPSA) is 80.2 Å². The Morgan fingerprint density at radius 2 is 1.93 bits per heavy atom. The molecule has 0 bridgehead atoms. The Bertz CT molecular complexity index is 1050. The first-order valence-corrected chi connectivity index (χ1v) is 9.66. The van der Waals surface area contributed by atoms with Crippen molar-refractivity contribution in [3.05, 3.63) is 63.2 Å². The molecule has 3 rings (SSSR count). The zero-order valence-corrected chi connectivity index (χ0v) is 17.6. The fourth-order valence-electron chi connectivity index (χ4n) is 2.76. The van der Waals surface area contributed by atoms with E-state index in [4.69, 9.17) is 9.47 Å². The molecule has 0 radical (unpaired) electrons. The van der Waals surface area contributed by atoms with Crippen LogP contribution < -0.4 is 14.9 Å². The lowest BCUT2D eigenvalue weighted by Gasteiger charge is -2.11. The first-order valence-electron chi connectivity index (χ1n) is 8.59. The number of fused-ring (bicyclic) bond motifs is 1. The summed E-state index contributed by atoms with van der Waals surface area (Å²) in [7, 11) is 1.59. The molecule has 28 heavy (non-hydrogen) atoms. The number of carbonyl (C=O) groups excluding carboxylic acids is 1. The molecule has 0 heterocycles. The normalized spacial score (nSPS) is 11.0. The van der Waals surface area contributed by atoms with Gasteiger partial charge in [-0.15, -0.1) is 0 Å². The summed E-state index contributed by atoms with van der Waals surface area (Å²) in [5, 5.41) is 15.9. The van der Waals surface area contributed by atoms with Crippen molar-refractivity contribution in [1.82, 2.24) is 5.43 Å². The van der Waals surface area contributed by atoms with Gasteiger partial charge in [0.15, 0.2) is 11.5 Å². The molecule has 144 valence electrons. The van der Waals surface area contributed by atoms with Gasteiger partial charge < -0.3 is 14.6 Å². The molecule has 3 aromatic rings. The SMILES string of the molecule is CCOc1cc(C=NNC(=O)c2cc3ccccc3cc2O)cc(I)c1OC. The van der Waals surface area contributed by atoms with Crippen molar-refractivity contribution in [2.75, 3.05) is 13.7 Å². The smallest absolute Gasteiger partial charge is 0.275 e. The predicted molar refractivity (Wildman–Crippen MR) is 118 cm³/mol. The van der Waals surface area contributed by atoms with Crippen LogP contribution in [0.1, 0.15) is 22.8 Å². The third kappa shape index (κ3) is 4.36. The highest BCUT2D eigenvalue weighted by Gasteiger charge is 2.13. The quantitative estimate of drug-likeness (QED) is 0.307. The highest BCUT2D eigenvalue weighted by molar-refractivity contribution is 14.1. The third-order valence-corrected chi connectivity index (χ3v) is 4.83. The number of phenolic OH excluding ortho intramolecular Hbond substituents is 1. The second-order valence-electron chi connectivity index (χ2n) is 5.88. The lowest BCUT2D eigenvalue weighted by molar-refractivity contribution is 0.0952. The first-order chi connectivity index (χ1) is 13.5. The van der Waals surface area contributed by atoms with Crippen LogP contribution in [0.5, 0.6) is 17.2 Å². The van der Waals surface area contributed by atoms with E-state index in [-0.39, 0.29) is 11.3 Å². The lowest BCUT2D eigenvalue weighted by atomic mass is 10.1. The Morgan fingerprint density at radius 3 is 2.61 bits per heavy atom. The number of hydrazone groups is 1. The summed E-state index contributed by atoms with van der Waals surface area (Å²) < 4.78 is 11.8. The summed E-state index contributed by atoms with van der Waals surface area (Å²) >= 11 is 2.15. The van der Waals surface area contributed by atoms with E-state index in [1.807, 2.05) is 37.3 Å². The van der Waals surface area contributed by atoms with Crippen LogP contribution in [0.25, 0.3) is 10.8 Å². The van der Waals surface area contributed by atoms with Gasteiger partial charge in [0.25, 0.3) is 5.91 Å². The summed E-state index contributed by atoms with van der Waals surface area (Å²) in [4.78, 5) is 12.4. The molecular weight excluding hydrogens is 471 g/mol. The molecule has 0 saturated heterocycles. The van der Waals surface area contributed by atoms with E-state index in [2.05, 4.69) is 33.1 Å². The van der Waals surface area contributed by atoms with Crippen LogP contribution in [0.2, 0.25) is 0 Å².